The summed E-state index contributed by atoms with van der Waals surface area (Å²) in [5, 5.41) is 6.06. The summed E-state index contributed by atoms with van der Waals surface area (Å²) in [4.78, 5) is 13.2. The van der Waals surface area contributed by atoms with Gasteiger partial charge in [-0.15, -0.1) is 11.3 Å². The number of thiophene rings is 1. The summed E-state index contributed by atoms with van der Waals surface area (Å²) in [6.07, 6.45) is 1.77. The average Bonchev–Trinajstić information content (AvgIpc) is 2.71. The molecule has 3 nitrogen and oxygen atoms in total. The molecule has 78 valence electrons. The van der Waals surface area contributed by atoms with E-state index >= 15 is 0 Å². The lowest BCUT2D eigenvalue weighted by molar-refractivity contribution is 0.103. The third-order valence-electron chi connectivity index (χ3n) is 2.25. The zero-order valence-corrected chi connectivity index (χ0v) is 9.76. The number of hydrogen-bond donors (Lipinski definition) is 0. The molecule has 0 fully saturated rings. The molecule has 0 unspecified atom stereocenters. The van der Waals surface area contributed by atoms with Crippen LogP contribution in [0.25, 0.3) is 0 Å². The standard InChI is InChI=1S/C11H12N2OS/c1-7-4-9(6-15-7)11(14)10-5-13(3)12-8(10)2/h4-6H,1-3H3. The second-order valence-corrected chi connectivity index (χ2v) is 4.69. The highest BCUT2D eigenvalue weighted by atomic mass is 32.1. The summed E-state index contributed by atoms with van der Waals surface area (Å²) < 4.78 is 1.67. The highest BCUT2D eigenvalue weighted by Gasteiger charge is 2.15. The van der Waals surface area contributed by atoms with Crippen molar-refractivity contribution in [1.29, 1.82) is 0 Å². The largest absolute Gasteiger partial charge is 0.288 e. The van der Waals surface area contributed by atoms with E-state index in [4.69, 9.17) is 0 Å². The molecule has 0 aromatic carbocycles. The van der Waals surface area contributed by atoms with Crippen LogP contribution in [0, 0.1) is 13.8 Å². The van der Waals surface area contributed by atoms with Crippen molar-refractivity contribution in [3.63, 3.8) is 0 Å². The molecule has 2 aromatic rings. The van der Waals surface area contributed by atoms with Gasteiger partial charge in [-0.3, -0.25) is 9.48 Å². The van der Waals surface area contributed by atoms with Crippen LogP contribution in [0.5, 0.6) is 0 Å². The number of ketones is 1. The Morgan fingerprint density at radius 2 is 2.20 bits per heavy atom. The van der Waals surface area contributed by atoms with Gasteiger partial charge in [-0.1, -0.05) is 0 Å². The van der Waals surface area contributed by atoms with Gasteiger partial charge in [-0.05, 0) is 19.9 Å². The summed E-state index contributed by atoms with van der Waals surface area (Å²) in [6, 6.07) is 1.92. The maximum atomic E-state index is 12.0. The van der Waals surface area contributed by atoms with Gasteiger partial charge in [0.05, 0.1) is 11.3 Å². The van der Waals surface area contributed by atoms with Crippen molar-refractivity contribution in [1.82, 2.24) is 9.78 Å². The van der Waals surface area contributed by atoms with Crippen LogP contribution in [0.1, 0.15) is 26.5 Å². The fourth-order valence-corrected chi connectivity index (χ4v) is 2.22. The number of hydrogen-bond acceptors (Lipinski definition) is 3. The van der Waals surface area contributed by atoms with Crippen LogP contribution < -0.4 is 0 Å². The molecule has 0 bridgehead atoms. The van der Waals surface area contributed by atoms with E-state index in [1.165, 1.54) is 0 Å². The van der Waals surface area contributed by atoms with Gasteiger partial charge in [0.1, 0.15) is 0 Å². The van der Waals surface area contributed by atoms with Crippen LogP contribution in [0.2, 0.25) is 0 Å². The number of aromatic nitrogens is 2. The van der Waals surface area contributed by atoms with Gasteiger partial charge < -0.3 is 0 Å². The first-order chi connectivity index (χ1) is 7.08. The molecule has 0 aliphatic carbocycles. The van der Waals surface area contributed by atoms with E-state index in [1.54, 1.807) is 22.2 Å². The Hall–Kier alpha value is -1.42. The maximum Gasteiger partial charge on any atom is 0.197 e. The van der Waals surface area contributed by atoms with Gasteiger partial charge in [0.2, 0.25) is 0 Å². The van der Waals surface area contributed by atoms with Gasteiger partial charge >= 0.3 is 0 Å². The Kier molecular flexibility index (Phi) is 2.44. The van der Waals surface area contributed by atoms with E-state index in [2.05, 4.69) is 5.10 Å². The molecule has 0 N–H and O–H groups in total. The second-order valence-electron chi connectivity index (χ2n) is 3.58. The molecular weight excluding hydrogens is 208 g/mol. The SMILES string of the molecule is Cc1cc(C(=O)c2cn(C)nc2C)cs1. The maximum absolute atomic E-state index is 12.0. The van der Waals surface area contributed by atoms with Crippen molar-refractivity contribution in [2.24, 2.45) is 7.05 Å². The molecule has 15 heavy (non-hydrogen) atoms. The molecule has 4 heteroatoms. The smallest absolute Gasteiger partial charge is 0.197 e. The zero-order chi connectivity index (χ0) is 11.0. The summed E-state index contributed by atoms with van der Waals surface area (Å²) in [5.41, 5.74) is 2.23. The molecular formula is C11H12N2OS. The van der Waals surface area contributed by atoms with Crippen molar-refractivity contribution in [2.75, 3.05) is 0 Å². The number of carbonyl (C=O) groups excluding carboxylic acids is 1. The zero-order valence-electron chi connectivity index (χ0n) is 8.94. The molecule has 0 saturated heterocycles. The number of nitrogens with zero attached hydrogens (tertiary/aromatic N) is 2. The molecule has 0 saturated carbocycles. The fourth-order valence-electron chi connectivity index (χ4n) is 1.54. The minimum atomic E-state index is 0.0601. The van der Waals surface area contributed by atoms with Gasteiger partial charge in [-0.2, -0.15) is 5.10 Å². The van der Waals surface area contributed by atoms with Crippen molar-refractivity contribution in [3.8, 4) is 0 Å². The first kappa shape index (κ1) is 10.1. The lowest BCUT2D eigenvalue weighted by Crippen LogP contribution is -1.99. The first-order valence-electron chi connectivity index (χ1n) is 4.68. The topological polar surface area (TPSA) is 34.9 Å². The van der Waals surface area contributed by atoms with Crippen molar-refractivity contribution in [2.45, 2.75) is 13.8 Å². The molecule has 2 heterocycles. The number of aryl methyl sites for hydroxylation is 3. The molecule has 0 spiro atoms. The van der Waals surface area contributed by atoms with Crippen molar-refractivity contribution >= 4 is 17.1 Å². The summed E-state index contributed by atoms with van der Waals surface area (Å²) >= 11 is 1.59. The van der Waals surface area contributed by atoms with E-state index < -0.39 is 0 Å². The van der Waals surface area contributed by atoms with Gasteiger partial charge in [0.25, 0.3) is 0 Å². The quantitative estimate of drug-likeness (QED) is 0.728. The molecule has 0 amide bonds. The van der Waals surface area contributed by atoms with Gasteiger partial charge in [-0.25, -0.2) is 0 Å². The Balaban J connectivity index is 2.40. The predicted molar refractivity (Wildman–Crippen MR) is 60.4 cm³/mol. The van der Waals surface area contributed by atoms with Crippen LogP contribution >= 0.6 is 11.3 Å². The summed E-state index contributed by atoms with van der Waals surface area (Å²) in [6.45, 7) is 3.85. The second kappa shape index (κ2) is 3.62. The minimum absolute atomic E-state index is 0.0601. The van der Waals surface area contributed by atoms with Crippen LogP contribution in [0.3, 0.4) is 0 Å². The molecule has 0 aliphatic heterocycles. The summed E-state index contributed by atoms with van der Waals surface area (Å²) in [5.74, 6) is 0.0601. The van der Waals surface area contributed by atoms with Crippen molar-refractivity contribution < 1.29 is 4.79 Å². The fraction of sp³-hybridized carbons (Fsp3) is 0.273. The van der Waals surface area contributed by atoms with Gasteiger partial charge in [0, 0.05) is 29.1 Å². The van der Waals surface area contributed by atoms with E-state index in [0.717, 1.165) is 16.1 Å². The molecule has 0 aliphatic rings. The minimum Gasteiger partial charge on any atom is -0.288 e. The first-order valence-corrected chi connectivity index (χ1v) is 5.56. The Morgan fingerprint density at radius 3 is 2.67 bits per heavy atom. The van der Waals surface area contributed by atoms with E-state index in [-0.39, 0.29) is 5.78 Å². The lowest BCUT2D eigenvalue weighted by atomic mass is 10.1. The van der Waals surface area contributed by atoms with Crippen LogP contribution in [-0.4, -0.2) is 15.6 Å². The van der Waals surface area contributed by atoms with Crippen LogP contribution in [0.15, 0.2) is 17.6 Å². The number of carbonyl (C=O) groups is 1. The predicted octanol–water partition coefficient (Wildman–Crippen LogP) is 2.33. The highest BCUT2D eigenvalue weighted by Crippen LogP contribution is 2.18. The average molecular weight is 220 g/mol. The monoisotopic (exact) mass is 220 g/mol. The Labute approximate surface area is 92.4 Å². The molecule has 2 aromatic heterocycles. The molecule has 0 radical (unpaired) electrons. The lowest BCUT2D eigenvalue weighted by Gasteiger charge is -1.93. The van der Waals surface area contributed by atoms with E-state index in [0.29, 0.717) is 5.56 Å². The number of rotatable bonds is 2. The van der Waals surface area contributed by atoms with Crippen LogP contribution in [-0.2, 0) is 7.05 Å². The highest BCUT2D eigenvalue weighted by molar-refractivity contribution is 7.10. The Bertz CT molecular complexity index is 510. The normalized spacial score (nSPS) is 10.6. The van der Waals surface area contributed by atoms with E-state index in [1.807, 2.05) is 32.3 Å². The Morgan fingerprint density at radius 1 is 1.47 bits per heavy atom. The van der Waals surface area contributed by atoms with Gasteiger partial charge in [0.15, 0.2) is 5.78 Å². The molecule has 0 atom stereocenters. The van der Waals surface area contributed by atoms with Crippen LogP contribution in [0.4, 0.5) is 0 Å². The van der Waals surface area contributed by atoms with E-state index in [9.17, 15) is 4.79 Å². The summed E-state index contributed by atoms with van der Waals surface area (Å²) in [7, 11) is 1.82. The van der Waals surface area contributed by atoms with Crippen molar-refractivity contribution in [3.05, 3.63) is 39.3 Å². The third-order valence-corrected chi connectivity index (χ3v) is 3.11. The third kappa shape index (κ3) is 1.85. The molecule has 2 rings (SSSR count).